The number of hydrogen-bond donors (Lipinski definition) is 1. The van der Waals surface area contributed by atoms with Gasteiger partial charge >= 0.3 is 12.8 Å². The summed E-state index contributed by atoms with van der Waals surface area (Å²) in [5.41, 5.74) is -0.183. The van der Waals surface area contributed by atoms with Gasteiger partial charge in [0.1, 0.15) is 11.6 Å². The molecule has 168 valence electrons. The van der Waals surface area contributed by atoms with Crippen LogP contribution in [-0.2, 0) is 17.5 Å². The molecular formula is C20H19ClF5N3O2. The monoisotopic (exact) mass is 463 g/mol. The van der Waals surface area contributed by atoms with E-state index in [0.717, 1.165) is 17.8 Å². The third-order valence-corrected chi connectivity index (χ3v) is 5.21. The van der Waals surface area contributed by atoms with Crippen LogP contribution in [0.25, 0.3) is 0 Å². The molecule has 0 saturated carbocycles. The molecule has 1 aliphatic heterocycles. The number of rotatable bonds is 6. The van der Waals surface area contributed by atoms with Gasteiger partial charge in [-0.1, -0.05) is 23.7 Å². The number of hydrogen-bond acceptors (Lipinski definition) is 4. The van der Waals surface area contributed by atoms with E-state index in [1.54, 1.807) is 17.0 Å². The van der Waals surface area contributed by atoms with E-state index in [1.165, 1.54) is 12.1 Å². The normalized spacial score (nSPS) is 15.3. The minimum absolute atomic E-state index is 0.0352. The van der Waals surface area contributed by atoms with Crippen LogP contribution in [0.3, 0.4) is 0 Å². The van der Waals surface area contributed by atoms with Crippen molar-refractivity contribution >= 4 is 23.3 Å². The molecule has 2 heterocycles. The predicted molar refractivity (Wildman–Crippen MR) is 104 cm³/mol. The fourth-order valence-corrected chi connectivity index (χ4v) is 3.58. The Hall–Kier alpha value is -2.62. The van der Waals surface area contributed by atoms with Crippen LogP contribution >= 0.6 is 11.6 Å². The smallest absolute Gasteiger partial charge is 0.417 e. The van der Waals surface area contributed by atoms with Crippen LogP contribution in [0.15, 0.2) is 36.5 Å². The van der Waals surface area contributed by atoms with E-state index >= 15 is 0 Å². The molecule has 2 aromatic rings. The van der Waals surface area contributed by atoms with E-state index in [-0.39, 0.29) is 35.0 Å². The summed E-state index contributed by atoms with van der Waals surface area (Å²) >= 11 is 5.99. The third-order valence-electron chi connectivity index (χ3n) is 4.93. The summed E-state index contributed by atoms with van der Waals surface area (Å²) in [7, 11) is 0. The molecule has 0 unspecified atom stereocenters. The molecule has 1 amide bonds. The van der Waals surface area contributed by atoms with Crippen LogP contribution in [0.4, 0.5) is 27.8 Å². The fourth-order valence-electron chi connectivity index (χ4n) is 3.29. The lowest BCUT2D eigenvalue weighted by Crippen LogP contribution is -2.40. The first-order chi connectivity index (χ1) is 14.6. The number of alkyl halides is 5. The van der Waals surface area contributed by atoms with Crippen LogP contribution in [0.1, 0.15) is 24.0 Å². The lowest BCUT2D eigenvalue weighted by atomic mass is 9.95. The number of halogens is 6. The maximum atomic E-state index is 12.8. The molecule has 31 heavy (non-hydrogen) atoms. The Morgan fingerprint density at radius 3 is 2.42 bits per heavy atom. The number of piperidine rings is 1. The SMILES string of the molecule is O=C(NCc1ccc(OC(F)F)cc1)C1CCN(c2ncc(C(F)(F)F)cc2Cl)CC1. The molecule has 0 spiro atoms. The number of aromatic nitrogens is 1. The van der Waals surface area contributed by atoms with Crippen molar-refractivity contribution in [2.45, 2.75) is 32.2 Å². The predicted octanol–water partition coefficient (Wildman–Crippen LogP) is 4.89. The van der Waals surface area contributed by atoms with E-state index in [9.17, 15) is 26.7 Å². The quantitative estimate of drug-likeness (QED) is 0.620. The van der Waals surface area contributed by atoms with Crippen molar-refractivity contribution in [1.82, 2.24) is 10.3 Å². The molecule has 11 heteroatoms. The maximum Gasteiger partial charge on any atom is 0.417 e. The first-order valence-electron chi connectivity index (χ1n) is 9.42. The highest BCUT2D eigenvalue weighted by atomic mass is 35.5. The number of carbonyl (C=O) groups excluding carboxylic acids is 1. The number of benzene rings is 1. The molecule has 1 aliphatic rings. The van der Waals surface area contributed by atoms with E-state index in [1.807, 2.05) is 0 Å². The zero-order chi connectivity index (χ0) is 22.6. The molecule has 1 aromatic carbocycles. The molecule has 1 aromatic heterocycles. The van der Waals surface area contributed by atoms with E-state index in [0.29, 0.717) is 25.9 Å². The first-order valence-corrected chi connectivity index (χ1v) is 9.80. The summed E-state index contributed by atoms with van der Waals surface area (Å²) in [6, 6.07) is 6.80. The van der Waals surface area contributed by atoms with Gasteiger partial charge in [0.25, 0.3) is 0 Å². The molecule has 1 N–H and O–H groups in total. The van der Waals surface area contributed by atoms with Crippen molar-refractivity contribution in [2.24, 2.45) is 5.92 Å². The molecule has 1 saturated heterocycles. The van der Waals surface area contributed by atoms with Gasteiger partial charge in [-0.05, 0) is 36.6 Å². The summed E-state index contributed by atoms with van der Waals surface area (Å²) in [5.74, 6) is -0.113. The Bertz CT molecular complexity index is 901. The molecule has 0 radical (unpaired) electrons. The van der Waals surface area contributed by atoms with Crippen molar-refractivity contribution in [3.63, 3.8) is 0 Å². The maximum absolute atomic E-state index is 12.8. The fraction of sp³-hybridized carbons (Fsp3) is 0.400. The van der Waals surface area contributed by atoms with Gasteiger partial charge in [0.15, 0.2) is 0 Å². The molecule has 5 nitrogen and oxygen atoms in total. The minimum atomic E-state index is -4.52. The van der Waals surface area contributed by atoms with Gasteiger partial charge in [-0.2, -0.15) is 22.0 Å². The lowest BCUT2D eigenvalue weighted by molar-refractivity contribution is -0.137. The zero-order valence-electron chi connectivity index (χ0n) is 16.1. The Balaban J connectivity index is 1.50. The van der Waals surface area contributed by atoms with Gasteiger partial charge in [-0.3, -0.25) is 4.79 Å². The van der Waals surface area contributed by atoms with Gasteiger partial charge in [-0.15, -0.1) is 0 Å². The molecule has 0 atom stereocenters. The van der Waals surface area contributed by atoms with Gasteiger partial charge < -0.3 is 15.0 Å². The Kier molecular flexibility index (Phi) is 7.19. The highest BCUT2D eigenvalue weighted by Crippen LogP contribution is 2.34. The van der Waals surface area contributed by atoms with E-state index in [4.69, 9.17) is 11.6 Å². The van der Waals surface area contributed by atoms with Crippen LogP contribution in [0.2, 0.25) is 5.02 Å². The largest absolute Gasteiger partial charge is 0.435 e. The summed E-state index contributed by atoms with van der Waals surface area (Å²) < 4.78 is 66.9. The van der Waals surface area contributed by atoms with E-state index in [2.05, 4.69) is 15.0 Å². The zero-order valence-corrected chi connectivity index (χ0v) is 16.9. The number of nitrogens with zero attached hydrogens (tertiary/aromatic N) is 2. The number of pyridine rings is 1. The molecule has 0 aliphatic carbocycles. The highest BCUT2D eigenvalue weighted by molar-refractivity contribution is 6.33. The van der Waals surface area contributed by atoms with Gasteiger partial charge in [0, 0.05) is 31.7 Å². The second-order valence-corrected chi connectivity index (χ2v) is 7.44. The van der Waals surface area contributed by atoms with Gasteiger partial charge in [0.05, 0.1) is 10.6 Å². The van der Waals surface area contributed by atoms with Crippen molar-refractivity contribution in [2.75, 3.05) is 18.0 Å². The van der Waals surface area contributed by atoms with Crippen LogP contribution in [0, 0.1) is 5.92 Å². The Morgan fingerprint density at radius 1 is 1.23 bits per heavy atom. The lowest BCUT2D eigenvalue weighted by Gasteiger charge is -2.32. The summed E-state index contributed by atoms with van der Waals surface area (Å²) in [4.78, 5) is 18.0. The summed E-state index contributed by atoms with van der Waals surface area (Å²) in [6.45, 7) is -1.81. The number of ether oxygens (including phenoxy) is 1. The number of amides is 1. The molecule has 3 rings (SSSR count). The van der Waals surface area contributed by atoms with Gasteiger partial charge in [-0.25, -0.2) is 4.98 Å². The molecule has 1 fully saturated rings. The Labute approximate surface area is 180 Å². The number of carbonyl (C=O) groups is 1. The third kappa shape index (κ3) is 6.19. The topological polar surface area (TPSA) is 54.5 Å². The summed E-state index contributed by atoms with van der Waals surface area (Å²) in [6.07, 6.45) is -2.79. The first kappa shape index (κ1) is 23.1. The van der Waals surface area contributed by atoms with E-state index < -0.39 is 18.4 Å². The summed E-state index contributed by atoms with van der Waals surface area (Å²) in [5, 5.41) is 2.72. The van der Waals surface area contributed by atoms with Crippen molar-refractivity contribution in [1.29, 1.82) is 0 Å². The highest BCUT2D eigenvalue weighted by Gasteiger charge is 2.33. The second-order valence-electron chi connectivity index (χ2n) is 7.03. The standard InChI is InChI=1S/C20H19ClF5N3O2/c21-16-9-14(20(24,25)26)11-27-17(16)29-7-5-13(6-8-29)18(30)28-10-12-1-3-15(4-2-12)31-19(22)23/h1-4,9,11,13,19H,5-8,10H2,(H,28,30). The van der Waals surface area contributed by atoms with Crippen molar-refractivity contribution < 1.29 is 31.5 Å². The number of nitrogens with one attached hydrogen (secondary N) is 1. The minimum Gasteiger partial charge on any atom is -0.435 e. The average molecular weight is 464 g/mol. The van der Waals surface area contributed by atoms with Gasteiger partial charge in [0.2, 0.25) is 5.91 Å². The van der Waals surface area contributed by atoms with Crippen LogP contribution in [-0.4, -0.2) is 30.6 Å². The van der Waals surface area contributed by atoms with Crippen LogP contribution in [0.5, 0.6) is 5.75 Å². The molecular weight excluding hydrogens is 445 g/mol. The van der Waals surface area contributed by atoms with Crippen LogP contribution < -0.4 is 15.0 Å². The second kappa shape index (κ2) is 9.67. The van der Waals surface area contributed by atoms with Crippen molar-refractivity contribution in [3.8, 4) is 5.75 Å². The Morgan fingerprint density at radius 2 is 1.87 bits per heavy atom. The molecule has 0 bridgehead atoms. The average Bonchev–Trinajstić information content (AvgIpc) is 2.72. The van der Waals surface area contributed by atoms with Crippen molar-refractivity contribution in [3.05, 3.63) is 52.7 Å². The number of anilines is 1.